The molecule has 33 heavy (non-hydrogen) atoms. The summed E-state index contributed by atoms with van der Waals surface area (Å²) in [5, 5.41) is 8.36. The molecule has 0 N–H and O–H groups in total. The summed E-state index contributed by atoms with van der Waals surface area (Å²) in [6, 6.07) is 27.6. The first-order chi connectivity index (χ1) is 16.2. The third kappa shape index (κ3) is 5.03. The van der Waals surface area contributed by atoms with Crippen LogP contribution in [-0.2, 0) is 11.4 Å². The van der Waals surface area contributed by atoms with Crippen molar-refractivity contribution in [1.29, 1.82) is 0 Å². The van der Waals surface area contributed by atoms with Crippen LogP contribution in [0.25, 0.3) is 11.1 Å². The molecule has 2 heterocycles. The Bertz CT molecular complexity index is 1190. The number of hydrogen-bond acceptors (Lipinski definition) is 5. The molecule has 1 aliphatic rings. The number of likely N-dealkylation sites (tertiary alicyclic amines) is 1. The number of amides is 1. The number of rotatable bonds is 8. The molecular formula is C26H24N4O3. The largest absolute Gasteiger partial charge is 0.487 e. The van der Waals surface area contributed by atoms with Gasteiger partial charge in [-0.3, -0.25) is 4.79 Å². The normalized spacial score (nSPS) is 13.4. The second kappa shape index (κ2) is 9.56. The van der Waals surface area contributed by atoms with E-state index in [-0.39, 0.29) is 18.6 Å². The van der Waals surface area contributed by atoms with Crippen LogP contribution in [0.3, 0.4) is 0 Å². The molecule has 7 heteroatoms. The molecule has 0 bridgehead atoms. The first kappa shape index (κ1) is 20.8. The van der Waals surface area contributed by atoms with Gasteiger partial charge in [0.05, 0.1) is 12.2 Å². The Kier molecular flexibility index (Phi) is 6.01. The van der Waals surface area contributed by atoms with Gasteiger partial charge in [-0.15, -0.1) is 5.10 Å². The lowest BCUT2D eigenvalue weighted by atomic mass is 10.1. The maximum absolute atomic E-state index is 12.5. The number of hydrogen-bond donors (Lipinski definition) is 0. The summed E-state index contributed by atoms with van der Waals surface area (Å²) >= 11 is 0. The van der Waals surface area contributed by atoms with E-state index < -0.39 is 0 Å². The predicted octanol–water partition coefficient (Wildman–Crippen LogP) is 3.99. The van der Waals surface area contributed by atoms with Gasteiger partial charge in [0.25, 0.3) is 5.91 Å². The van der Waals surface area contributed by atoms with Crippen LogP contribution in [0.2, 0.25) is 0 Å². The van der Waals surface area contributed by atoms with E-state index in [1.165, 1.54) is 0 Å². The molecular weight excluding hydrogens is 416 g/mol. The van der Waals surface area contributed by atoms with Crippen LogP contribution in [0.1, 0.15) is 11.7 Å². The van der Waals surface area contributed by atoms with Gasteiger partial charge in [-0.05, 0) is 35.4 Å². The molecule has 3 aromatic carbocycles. The minimum Gasteiger partial charge on any atom is -0.487 e. The van der Waals surface area contributed by atoms with Crippen molar-refractivity contribution in [2.75, 3.05) is 19.7 Å². The monoisotopic (exact) mass is 440 g/mol. The fourth-order valence-corrected chi connectivity index (χ4v) is 3.67. The number of benzene rings is 3. The van der Waals surface area contributed by atoms with E-state index in [0.29, 0.717) is 25.4 Å². The zero-order valence-electron chi connectivity index (χ0n) is 18.1. The Morgan fingerprint density at radius 1 is 0.818 bits per heavy atom. The van der Waals surface area contributed by atoms with Crippen molar-refractivity contribution in [2.24, 2.45) is 0 Å². The lowest BCUT2D eigenvalue weighted by molar-refractivity contribution is -0.139. The van der Waals surface area contributed by atoms with Crippen LogP contribution in [0.5, 0.6) is 11.5 Å². The van der Waals surface area contributed by atoms with Crippen LogP contribution in [-0.4, -0.2) is 45.5 Å². The van der Waals surface area contributed by atoms with Crippen LogP contribution >= 0.6 is 0 Å². The van der Waals surface area contributed by atoms with Crippen molar-refractivity contribution in [3.63, 3.8) is 0 Å². The minimum atomic E-state index is -0.0360. The van der Waals surface area contributed by atoms with Crippen molar-refractivity contribution < 1.29 is 14.3 Å². The van der Waals surface area contributed by atoms with Crippen molar-refractivity contribution in [2.45, 2.75) is 12.6 Å². The Labute approximate surface area is 192 Å². The van der Waals surface area contributed by atoms with E-state index >= 15 is 0 Å². The van der Waals surface area contributed by atoms with Gasteiger partial charge in [-0.25, -0.2) is 4.68 Å². The third-order valence-corrected chi connectivity index (χ3v) is 5.60. The number of ether oxygens (including phenoxy) is 2. The van der Waals surface area contributed by atoms with Gasteiger partial charge in [0.2, 0.25) is 0 Å². The molecule has 1 aliphatic heterocycles. The number of para-hydroxylation sites is 1. The summed E-state index contributed by atoms with van der Waals surface area (Å²) in [5.41, 5.74) is 3.02. The molecule has 0 aliphatic carbocycles. The maximum Gasteiger partial charge on any atom is 0.260 e. The average Bonchev–Trinajstić information content (AvgIpc) is 3.30. The SMILES string of the molecule is O=C(COc1ccc(-c2ccccc2)cc1)N1CC(n2cc(COc3ccccc3)nn2)C1. The van der Waals surface area contributed by atoms with Crippen molar-refractivity contribution in [3.8, 4) is 22.6 Å². The maximum atomic E-state index is 12.5. The molecule has 0 radical (unpaired) electrons. The van der Waals surface area contributed by atoms with Gasteiger partial charge in [0.1, 0.15) is 23.8 Å². The number of aromatic nitrogens is 3. The van der Waals surface area contributed by atoms with Crippen molar-refractivity contribution >= 4 is 5.91 Å². The molecule has 1 saturated heterocycles. The van der Waals surface area contributed by atoms with Crippen LogP contribution in [0, 0.1) is 0 Å². The fourth-order valence-electron chi connectivity index (χ4n) is 3.67. The van der Waals surface area contributed by atoms with E-state index in [1.54, 1.807) is 9.58 Å². The quantitative estimate of drug-likeness (QED) is 0.414. The predicted molar refractivity (Wildman–Crippen MR) is 124 cm³/mol. The first-order valence-electron chi connectivity index (χ1n) is 10.9. The van der Waals surface area contributed by atoms with Gasteiger partial charge in [-0.1, -0.05) is 65.9 Å². The highest BCUT2D eigenvalue weighted by Gasteiger charge is 2.32. The molecule has 166 valence electrons. The van der Waals surface area contributed by atoms with Crippen LogP contribution < -0.4 is 9.47 Å². The van der Waals surface area contributed by atoms with E-state index in [2.05, 4.69) is 22.4 Å². The first-order valence-corrected chi connectivity index (χ1v) is 10.9. The molecule has 0 saturated carbocycles. The lowest BCUT2D eigenvalue weighted by Crippen LogP contribution is -2.52. The summed E-state index contributed by atoms with van der Waals surface area (Å²) in [4.78, 5) is 14.2. The van der Waals surface area contributed by atoms with Gasteiger partial charge in [0, 0.05) is 13.1 Å². The number of nitrogens with zero attached hydrogens (tertiary/aromatic N) is 4. The highest BCUT2D eigenvalue weighted by molar-refractivity contribution is 5.78. The fraction of sp³-hybridized carbons (Fsp3) is 0.192. The zero-order chi connectivity index (χ0) is 22.5. The molecule has 1 amide bonds. The van der Waals surface area contributed by atoms with Gasteiger partial charge in [-0.2, -0.15) is 0 Å². The van der Waals surface area contributed by atoms with Crippen LogP contribution in [0.4, 0.5) is 0 Å². The summed E-state index contributed by atoms with van der Waals surface area (Å²) in [6.45, 7) is 1.57. The Hall–Kier alpha value is -4.13. The van der Waals surface area contributed by atoms with Gasteiger partial charge < -0.3 is 14.4 Å². The van der Waals surface area contributed by atoms with Crippen molar-refractivity contribution in [1.82, 2.24) is 19.9 Å². The molecule has 1 fully saturated rings. The third-order valence-electron chi connectivity index (χ3n) is 5.60. The summed E-state index contributed by atoms with van der Waals surface area (Å²) in [6.07, 6.45) is 1.88. The van der Waals surface area contributed by atoms with E-state index in [1.807, 2.05) is 79.0 Å². The van der Waals surface area contributed by atoms with Crippen molar-refractivity contribution in [3.05, 3.63) is 96.8 Å². The molecule has 5 rings (SSSR count). The standard InChI is InChI=1S/C26H24N4O3/c31-26(19-33-25-13-11-21(12-14-25)20-7-3-1-4-8-20)29-16-23(17-29)30-15-22(27-28-30)18-32-24-9-5-2-6-10-24/h1-15,23H,16-19H2. The molecule has 0 spiro atoms. The molecule has 0 unspecified atom stereocenters. The molecule has 4 aromatic rings. The summed E-state index contributed by atoms with van der Waals surface area (Å²) < 4.78 is 13.2. The second-order valence-electron chi connectivity index (χ2n) is 7.92. The second-order valence-corrected chi connectivity index (χ2v) is 7.92. The average molecular weight is 441 g/mol. The molecule has 0 atom stereocenters. The summed E-state index contributed by atoms with van der Waals surface area (Å²) in [7, 11) is 0. The molecule has 1 aromatic heterocycles. The molecule has 7 nitrogen and oxygen atoms in total. The van der Waals surface area contributed by atoms with Gasteiger partial charge >= 0.3 is 0 Å². The van der Waals surface area contributed by atoms with E-state index in [9.17, 15) is 4.79 Å². The van der Waals surface area contributed by atoms with Crippen LogP contribution in [0.15, 0.2) is 91.1 Å². The van der Waals surface area contributed by atoms with Gasteiger partial charge in [0.15, 0.2) is 6.61 Å². The lowest BCUT2D eigenvalue weighted by Gasteiger charge is -2.38. The van der Waals surface area contributed by atoms with E-state index in [4.69, 9.17) is 9.47 Å². The highest BCUT2D eigenvalue weighted by Crippen LogP contribution is 2.23. The Morgan fingerprint density at radius 2 is 1.45 bits per heavy atom. The smallest absolute Gasteiger partial charge is 0.260 e. The van der Waals surface area contributed by atoms with E-state index in [0.717, 1.165) is 22.6 Å². The number of carbonyl (C=O) groups is 1. The zero-order valence-corrected chi connectivity index (χ0v) is 18.1. The summed E-state index contributed by atoms with van der Waals surface area (Å²) in [5.74, 6) is 1.44. The minimum absolute atomic E-state index is 0.0188. The Morgan fingerprint density at radius 3 is 2.18 bits per heavy atom. The topological polar surface area (TPSA) is 69.5 Å². The number of carbonyl (C=O) groups excluding carboxylic acids is 1. The Balaban J connectivity index is 1.06. The highest BCUT2D eigenvalue weighted by atomic mass is 16.5.